The lowest BCUT2D eigenvalue weighted by atomic mass is 9.79. The molecule has 2 aliphatic heterocycles. The zero-order valence-corrected chi connectivity index (χ0v) is 18.9. The number of hydrogen-bond acceptors (Lipinski definition) is 6. The van der Waals surface area contributed by atoms with E-state index >= 15 is 0 Å². The first-order valence-corrected chi connectivity index (χ1v) is 11.7. The highest BCUT2D eigenvalue weighted by Crippen LogP contribution is 2.46. The first kappa shape index (κ1) is 19.9. The van der Waals surface area contributed by atoms with Crippen molar-refractivity contribution >= 4 is 11.3 Å². The molecule has 3 aromatic heterocycles. The van der Waals surface area contributed by atoms with Gasteiger partial charge in [-0.3, -0.25) is 9.58 Å². The Kier molecular flexibility index (Phi) is 5.24. The fourth-order valence-corrected chi connectivity index (χ4v) is 6.12. The van der Waals surface area contributed by atoms with Crippen molar-refractivity contribution in [2.45, 2.75) is 64.3 Å². The van der Waals surface area contributed by atoms with Gasteiger partial charge in [0.1, 0.15) is 0 Å². The monoisotopic (exact) mass is 426 g/mol. The summed E-state index contributed by atoms with van der Waals surface area (Å²) in [6, 6.07) is 2.86. The first-order valence-electron chi connectivity index (χ1n) is 10.9. The second-order valence-electron chi connectivity index (χ2n) is 8.70. The highest BCUT2D eigenvalue weighted by atomic mass is 32.1. The number of likely N-dealkylation sites (tertiary alicyclic amines) is 1. The van der Waals surface area contributed by atoms with Crippen molar-refractivity contribution in [1.29, 1.82) is 0 Å². The van der Waals surface area contributed by atoms with E-state index in [1.54, 1.807) is 4.88 Å². The van der Waals surface area contributed by atoms with Gasteiger partial charge in [-0.25, -0.2) is 4.68 Å². The number of fused-ring (bicyclic) bond motifs is 2. The van der Waals surface area contributed by atoms with Crippen LogP contribution in [0.3, 0.4) is 0 Å². The van der Waals surface area contributed by atoms with Gasteiger partial charge < -0.3 is 4.74 Å². The second-order valence-corrected chi connectivity index (χ2v) is 9.92. The molecule has 0 bridgehead atoms. The van der Waals surface area contributed by atoms with E-state index in [2.05, 4.69) is 46.4 Å². The number of piperidine rings is 1. The van der Waals surface area contributed by atoms with Crippen LogP contribution in [0.4, 0.5) is 0 Å². The molecule has 30 heavy (non-hydrogen) atoms. The molecule has 160 valence electrons. The lowest BCUT2D eigenvalue weighted by Gasteiger charge is -2.47. The van der Waals surface area contributed by atoms with Crippen LogP contribution >= 0.6 is 11.3 Å². The van der Waals surface area contributed by atoms with Crippen molar-refractivity contribution in [3.05, 3.63) is 51.2 Å². The number of aryl methyl sites for hydroxylation is 2. The van der Waals surface area contributed by atoms with Gasteiger partial charge in [0.05, 0.1) is 36.8 Å². The maximum Gasteiger partial charge on any atom is 0.0969 e. The van der Waals surface area contributed by atoms with Gasteiger partial charge in [0.15, 0.2) is 0 Å². The summed E-state index contributed by atoms with van der Waals surface area (Å²) in [5, 5.41) is 13.0. The third-order valence-corrected chi connectivity index (χ3v) is 7.85. The molecule has 2 aliphatic rings. The van der Waals surface area contributed by atoms with E-state index in [0.717, 1.165) is 56.6 Å². The van der Waals surface area contributed by atoms with Crippen LogP contribution in [0.15, 0.2) is 24.7 Å². The third-order valence-electron chi connectivity index (χ3n) is 6.51. The Morgan fingerprint density at radius 2 is 2.20 bits per heavy atom. The Morgan fingerprint density at radius 1 is 1.30 bits per heavy atom. The maximum absolute atomic E-state index is 6.47. The maximum atomic E-state index is 6.47. The molecular weight excluding hydrogens is 396 g/mol. The molecule has 0 unspecified atom stereocenters. The normalized spacial score (nSPS) is 24.4. The van der Waals surface area contributed by atoms with Crippen LogP contribution in [0.5, 0.6) is 0 Å². The number of rotatable bonds is 5. The van der Waals surface area contributed by atoms with Crippen molar-refractivity contribution in [2.24, 2.45) is 7.05 Å². The van der Waals surface area contributed by atoms with Gasteiger partial charge >= 0.3 is 0 Å². The van der Waals surface area contributed by atoms with Gasteiger partial charge in [0.2, 0.25) is 0 Å². The summed E-state index contributed by atoms with van der Waals surface area (Å²) in [6.07, 6.45) is 10.2. The molecule has 5 heterocycles. The average molecular weight is 427 g/mol. The topological polar surface area (TPSA) is 61.0 Å². The molecule has 0 aliphatic carbocycles. The van der Waals surface area contributed by atoms with Gasteiger partial charge in [-0.2, -0.15) is 5.10 Å². The third kappa shape index (κ3) is 3.72. The summed E-state index contributed by atoms with van der Waals surface area (Å²) >= 11 is 1.99. The molecule has 3 aromatic rings. The van der Waals surface area contributed by atoms with Gasteiger partial charge in [-0.1, -0.05) is 12.1 Å². The van der Waals surface area contributed by atoms with Crippen LogP contribution in [0.1, 0.15) is 53.3 Å². The molecule has 7 nitrogen and oxygen atoms in total. The van der Waals surface area contributed by atoms with Gasteiger partial charge in [-0.15, -0.1) is 16.4 Å². The van der Waals surface area contributed by atoms with E-state index in [1.165, 1.54) is 10.4 Å². The average Bonchev–Trinajstić information content (AvgIpc) is 3.45. The van der Waals surface area contributed by atoms with E-state index in [4.69, 9.17) is 4.74 Å². The summed E-state index contributed by atoms with van der Waals surface area (Å²) in [5.74, 6) is 0. The highest BCUT2D eigenvalue weighted by molar-refractivity contribution is 7.12. The molecule has 1 saturated heterocycles. The predicted octanol–water partition coefficient (Wildman–Crippen LogP) is 3.14. The molecule has 0 saturated carbocycles. The van der Waals surface area contributed by atoms with Gasteiger partial charge in [0.25, 0.3) is 0 Å². The Hall–Kier alpha value is -2.03. The number of hydrogen-bond donors (Lipinski definition) is 0. The Morgan fingerprint density at radius 3 is 2.97 bits per heavy atom. The molecular formula is C22H30N6OS. The summed E-state index contributed by atoms with van der Waals surface area (Å²) in [4.78, 5) is 5.57. The van der Waals surface area contributed by atoms with Crippen molar-refractivity contribution in [3.8, 4) is 0 Å². The molecule has 1 spiro atoms. The van der Waals surface area contributed by atoms with Crippen molar-refractivity contribution in [3.63, 3.8) is 0 Å². The zero-order chi connectivity index (χ0) is 20.7. The minimum Gasteiger partial charge on any atom is -0.370 e. The molecule has 0 aromatic carbocycles. The number of ether oxygens (including phenoxy) is 1. The quantitative estimate of drug-likeness (QED) is 0.627. The summed E-state index contributed by atoms with van der Waals surface area (Å²) < 4.78 is 10.2. The van der Waals surface area contributed by atoms with Crippen molar-refractivity contribution in [1.82, 2.24) is 29.7 Å². The first-order chi connectivity index (χ1) is 14.5. The summed E-state index contributed by atoms with van der Waals surface area (Å²) in [5.41, 5.74) is 3.54. The molecule has 5 rings (SSSR count). The van der Waals surface area contributed by atoms with Gasteiger partial charge in [-0.05, 0) is 37.8 Å². The molecule has 0 N–H and O–H groups in total. The van der Waals surface area contributed by atoms with Crippen LogP contribution in [0, 0.1) is 0 Å². The minimum atomic E-state index is -0.0919. The van der Waals surface area contributed by atoms with Crippen molar-refractivity contribution < 1.29 is 4.74 Å². The van der Waals surface area contributed by atoms with Crippen LogP contribution in [-0.2, 0) is 43.3 Å². The minimum absolute atomic E-state index is 0.0919. The summed E-state index contributed by atoms with van der Waals surface area (Å²) in [7, 11) is 1.93. The Balaban J connectivity index is 1.26. The predicted molar refractivity (Wildman–Crippen MR) is 116 cm³/mol. The number of thiophene rings is 1. The van der Waals surface area contributed by atoms with E-state index in [9.17, 15) is 0 Å². The molecule has 1 fully saturated rings. The van der Waals surface area contributed by atoms with Crippen LogP contribution < -0.4 is 0 Å². The standard InChI is InChI=1S/C22H30N6OS/c1-4-19-9-20-21(30-19)5-8-29-22(20)6-7-27(16(2)10-22)14-18-15-28(25-24-18)13-17-11-23-26(3)12-17/h9,11-12,15-16H,4-8,10,13-14H2,1-3H3/t16-,22+/m0/s1. The Bertz CT molecular complexity index is 1020. The van der Waals surface area contributed by atoms with Crippen LogP contribution in [0.25, 0.3) is 0 Å². The largest absolute Gasteiger partial charge is 0.370 e. The van der Waals surface area contributed by atoms with Crippen LogP contribution in [0.2, 0.25) is 0 Å². The SMILES string of the molecule is CCc1cc2c(s1)CCO[C@@]21CCN(Cc2cn(Cc3cnn(C)c3)nn2)[C@@H](C)C1. The zero-order valence-electron chi connectivity index (χ0n) is 18.0. The fourth-order valence-electron chi connectivity index (χ4n) is 4.95. The van der Waals surface area contributed by atoms with Crippen molar-refractivity contribution in [2.75, 3.05) is 13.2 Å². The van der Waals surface area contributed by atoms with E-state index in [0.29, 0.717) is 12.6 Å². The molecule has 0 amide bonds. The fraction of sp³-hybridized carbons (Fsp3) is 0.591. The molecule has 2 atom stereocenters. The van der Waals surface area contributed by atoms with Gasteiger partial charge in [0, 0.05) is 54.1 Å². The lowest BCUT2D eigenvalue weighted by molar-refractivity contribution is -0.112. The second kappa shape index (κ2) is 7.90. The summed E-state index contributed by atoms with van der Waals surface area (Å²) in [6.45, 7) is 7.98. The van der Waals surface area contributed by atoms with E-state index in [-0.39, 0.29) is 5.60 Å². The lowest BCUT2D eigenvalue weighted by Crippen LogP contribution is -2.50. The van der Waals surface area contributed by atoms with Crippen LogP contribution in [-0.4, -0.2) is 48.9 Å². The van der Waals surface area contributed by atoms with E-state index < -0.39 is 0 Å². The molecule has 0 radical (unpaired) electrons. The smallest absolute Gasteiger partial charge is 0.0969 e. The number of aromatic nitrogens is 5. The molecule has 8 heteroatoms. The number of nitrogens with zero attached hydrogens (tertiary/aromatic N) is 6. The highest BCUT2D eigenvalue weighted by Gasteiger charge is 2.44. The Labute approximate surface area is 181 Å². The van der Waals surface area contributed by atoms with E-state index in [1.807, 2.05) is 40.1 Å².